The Labute approximate surface area is 115 Å². The van der Waals surface area contributed by atoms with Gasteiger partial charge in [-0.05, 0) is 30.9 Å². The van der Waals surface area contributed by atoms with Gasteiger partial charge in [0.15, 0.2) is 0 Å². The monoisotopic (exact) mass is 261 g/mol. The van der Waals surface area contributed by atoms with Crippen LogP contribution in [0.3, 0.4) is 0 Å². The molecule has 1 aromatic rings. The highest BCUT2D eigenvalue weighted by atomic mass is 16.4. The number of hydrogen-bond acceptors (Lipinski definition) is 2. The van der Waals surface area contributed by atoms with E-state index in [1.165, 1.54) is 5.56 Å². The molecule has 104 valence electrons. The minimum absolute atomic E-state index is 0.178. The van der Waals surface area contributed by atoms with Gasteiger partial charge in [-0.25, -0.2) is 0 Å². The zero-order chi connectivity index (χ0) is 13.8. The maximum atomic E-state index is 11.4. The van der Waals surface area contributed by atoms with Crippen LogP contribution < -0.4 is 0 Å². The number of nitrogens with zero attached hydrogens (tertiary/aromatic N) is 1. The Kier molecular flexibility index (Phi) is 4.59. The first-order valence-corrected chi connectivity index (χ1v) is 7.08. The molecule has 2 atom stereocenters. The number of carbonyl (C=O) groups is 1. The number of benzene rings is 1. The third-order valence-electron chi connectivity index (χ3n) is 3.92. The second kappa shape index (κ2) is 6.20. The molecular formula is C16H23NO2. The van der Waals surface area contributed by atoms with Gasteiger partial charge in [-0.1, -0.05) is 44.2 Å². The average Bonchev–Trinajstić information content (AvgIpc) is 2.73. The molecule has 1 heterocycles. The number of aliphatic carboxylic acids is 1. The molecule has 0 spiro atoms. The van der Waals surface area contributed by atoms with Crippen LogP contribution in [-0.2, 0) is 11.3 Å². The van der Waals surface area contributed by atoms with Crippen molar-refractivity contribution < 1.29 is 9.90 Å². The average molecular weight is 261 g/mol. The predicted molar refractivity (Wildman–Crippen MR) is 75.8 cm³/mol. The van der Waals surface area contributed by atoms with Gasteiger partial charge in [0.05, 0.1) is 5.92 Å². The number of hydrogen-bond donors (Lipinski definition) is 1. The number of carboxylic acids is 1. The molecule has 1 fully saturated rings. The lowest BCUT2D eigenvalue weighted by Gasteiger charge is -2.28. The standard InChI is InChI=1S/C16H23NO2/c1-12(2)10-15-14(16(18)19)8-9-17(15)11-13-6-4-3-5-7-13/h3-7,12,14-15H,8-11H2,1-2H3,(H,18,19). The SMILES string of the molecule is CC(C)CC1C(C(=O)O)CCN1Cc1ccccc1. The summed E-state index contributed by atoms with van der Waals surface area (Å²) in [5.74, 6) is -0.310. The highest BCUT2D eigenvalue weighted by molar-refractivity contribution is 5.71. The number of carboxylic acid groups (broad SMARTS) is 1. The van der Waals surface area contributed by atoms with Gasteiger partial charge in [-0.15, -0.1) is 0 Å². The van der Waals surface area contributed by atoms with E-state index in [1.807, 2.05) is 18.2 Å². The summed E-state index contributed by atoms with van der Waals surface area (Å²) in [4.78, 5) is 13.7. The lowest BCUT2D eigenvalue weighted by molar-refractivity contribution is -0.142. The van der Waals surface area contributed by atoms with E-state index in [4.69, 9.17) is 0 Å². The number of rotatable bonds is 5. The van der Waals surface area contributed by atoms with Gasteiger partial charge in [0, 0.05) is 12.6 Å². The van der Waals surface area contributed by atoms with Crippen LogP contribution in [0.25, 0.3) is 0 Å². The summed E-state index contributed by atoms with van der Waals surface area (Å²) in [5, 5.41) is 9.35. The summed E-state index contributed by atoms with van der Waals surface area (Å²) in [7, 11) is 0. The third-order valence-corrected chi connectivity index (χ3v) is 3.92. The van der Waals surface area contributed by atoms with E-state index in [0.29, 0.717) is 5.92 Å². The van der Waals surface area contributed by atoms with Crippen molar-refractivity contribution in [3.05, 3.63) is 35.9 Å². The molecule has 3 nitrogen and oxygen atoms in total. The topological polar surface area (TPSA) is 40.5 Å². The maximum Gasteiger partial charge on any atom is 0.308 e. The van der Waals surface area contributed by atoms with E-state index in [-0.39, 0.29) is 12.0 Å². The van der Waals surface area contributed by atoms with Crippen molar-refractivity contribution in [1.29, 1.82) is 0 Å². The Hall–Kier alpha value is -1.35. The highest BCUT2D eigenvalue weighted by Crippen LogP contribution is 2.30. The molecule has 0 aliphatic carbocycles. The minimum atomic E-state index is -0.638. The van der Waals surface area contributed by atoms with E-state index in [0.717, 1.165) is 25.9 Å². The second-order valence-corrected chi connectivity index (χ2v) is 5.89. The van der Waals surface area contributed by atoms with Gasteiger partial charge in [0.25, 0.3) is 0 Å². The first kappa shape index (κ1) is 14.1. The van der Waals surface area contributed by atoms with Crippen LogP contribution in [0, 0.1) is 11.8 Å². The van der Waals surface area contributed by atoms with E-state index >= 15 is 0 Å². The quantitative estimate of drug-likeness (QED) is 0.885. The van der Waals surface area contributed by atoms with Gasteiger partial charge in [0.1, 0.15) is 0 Å². The predicted octanol–water partition coefficient (Wildman–Crippen LogP) is 3.01. The summed E-state index contributed by atoms with van der Waals surface area (Å²) in [6, 6.07) is 10.5. The van der Waals surface area contributed by atoms with Crippen molar-refractivity contribution in [2.75, 3.05) is 6.54 Å². The van der Waals surface area contributed by atoms with Crippen LogP contribution in [0.5, 0.6) is 0 Å². The molecule has 0 saturated carbocycles. The van der Waals surface area contributed by atoms with E-state index < -0.39 is 5.97 Å². The molecule has 2 unspecified atom stereocenters. The first-order valence-electron chi connectivity index (χ1n) is 7.08. The number of likely N-dealkylation sites (tertiary alicyclic amines) is 1. The normalized spacial score (nSPS) is 23.9. The van der Waals surface area contributed by atoms with Gasteiger partial charge in [0.2, 0.25) is 0 Å². The summed E-state index contributed by atoms with van der Waals surface area (Å²) < 4.78 is 0. The smallest absolute Gasteiger partial charge is 0.308 e. The lowest BCUT2D eigenvalue weighted by atomic mass is 9.92. The van der Waals surface area contributed by atoms with Gasteiger partial charge in [-0.3, -0.25) is 9.69 Å². The van der Waals surface area contributed by atoms with Gasteiger partial charge in [-0.2, -0.15) is 0 Å². The Bertz CT molecular complexity index is 416. The van der Waals surface area contributed by atoms with Crippen molar-refractivity contribution in [2.24, 2.45) is 11.8 Å². The zero-order valence-corrected chi connectivity index (χ0v) is 11.7. The summed E-state index contributed by atoms with van der Waals surface area (Å²) in [6.45, 7) is 6.08. The Morgan fingerprint density at radius 3 is 2.63 bits per heavy atom. The molecule has 1 aliphatic heterocycles. The van der Waals surface area contributed by atoms with Crippen LogP contribution in [0.1, 0.15) is 32.3 Å². The minimum Gasteiger partial charge on any atom is -0.481 e. The largest absolute Gasteiger partial charge is 0.481 e. The fourth-order valence-corrected chi connectivity index (χ4v) is 3.02. The van der Waals surface area contributed by atoms with E-state index in [1.54, 1.807) is 0 Å². The summed E-state index contributed by atoms with van der Waals surface area (Å²) >= 11 is 0. The van der Waals surface area contributed by atoms with Crippen LogP contribution >= 0.6 is 0 Å². The molecule has 19 heavy (non-hydrogen) atoms. The Morgan fingerprint density at radius 1 is 1.37 bits per heavy atom. The van der Waals surface area contributed by atoms with Gasteiger partial charge >= 0.3 is 5.97 Å². The molecule has 1 aliphatic rings. The lowest BCUT2D eigenvalue weighted by Crippen LogP contribution is -2.36. The Morgan fingerprint density at radius 2 is 2.05 bits per heavy atom. The van der Waals surface area contributed by atoms with Crippen molar-refractivity contribution >= 4 is 5.97 Å². The Balaban J connectivity index is 2.08. The van der Waals surface area contributed by atoms with Crippen LogP contribution in [-0.4, -0.2) is 28.6 Å². The second-order valence-electron chi connectivity index (χ2n) is 5.89. The van der Waals surface area contributed by atoms with Crippen LogP contribution in [0.2, 0.25) is 0 Å². The molecule has 0 aromatic heterocycles. The van der Waals surface area contributed by atoms with Gasteiger partial charge < -0.3 is 5.11 Å². The maximum absolute atomic E-state index is 11.4. The van der Waals surface area contributed by atoms with Crippen LogP contribution in [0.15, 0.2) is 30.3 Å². The zero-order valence-electron chi connectivity index (χ0n) is 11.7. The van der Waals surface area contributed by atoms with Crippen molar-refractivity contribution in [2.45, 2.75) is 39.3 Å². The van der Waals surface area contributed by atoms with E-state index in [2.05, 4.69) is 30.9 Å². The molecule has 0 radical (unpaired) electrons. The fourth-order valence-electron chi connectivity index (χ4n) is 3.02. The molecule has 0 amide bonds. The molecular weight excluding hydrogens is 238 g/mol. The molecule has 3 heteroatoms. The van der Waals surface area contributed by atoms with Crippen molar-refractivity contribution in [1.82, 2.24) is 4.90 Å². The van der Waals surface area contributed by atoms with Crippen molar-refractivity contribution in [3.8, 4) is 0 Å². The van der Waals surface area contributed by atoms with Crippen molar-refractivity contribution in [3.63, 3.8) is 0 Å². The van der Waals surface area contributed by atoms with Crippen LogP contribution in [0.4, 0.5) is 0 Å². The van der Waals surface area contributed by atoms with E-state index in [9.17, 15) is 9.90 Å². The summed E-state index contributed by atoms with van der Waals surface area (Å²) in [6.07, 6.45) is 1.74. The molecule has 1 aromatic carbocycles. The molecule has 0 bridgehead atoms. The molecule has 2 rings (SSSR count). The molecule has 1 N–H and O–H groups in total. The first-order chi connectivity index (χ1) is 9.08. The highest BCUT2D eigenvalue weighted by Gasteiger charge is 2.38. The summed E-state index contributed by atoms with van der Waals surface area (Å²) in [5.41, 5.74) is 1.27. The molecule has 1 saturated heterocycles. The third kappa shape index (κ3) is 3.57. The fraction of sp³-hybridized carbons (Fsp3) is 0.562.